The second kappa shape index (κ2) is 5.78. The fourth-order valence-electron chi connectivity index (χ4n) is 1.65. The normalized spacial score (nSPS) is 10.5. The van der Waals surface area contributed by atoms with E-state index in [1.165, 1.54) is 0 Å². The number of carboxylic acid groups (broad SMARTS) is 1. The number of halogens is 3. The topological polar surface area (TPSA) is 50.2 Å². The Labute approximate surface area is 124 Å². The van der Waals surface area contributed by atoms with Gasteiger partial charge in [-0.1, -0.05) is 40.9 Å². The van der Waals surface area contributed by atoms with Crippen molar-refractivity contribution in [3.63, 3.8) is 0 Å². The van der Waals surface area contributed by atoms with Crippen molar-refractivity contribution in [3.8, 4) is 11.1 Å². The van der Waals surface area contributed by atoms with Crippen LogP contribution in [0.1, 0.15) is 5.69 Å². The molecule has 0 saturated carbocycles. The molecule has 0 saturated heterocycles. The van der Waals surface area contributed by atoms with E-state index in [1.54, 1.807) is 30.5 Å². The number of aliphatic carboxylic acids is 1. The first-order valence-electron chi connectivity index (χ1n) is 5.29. The summed E-state index contributed by atoms with van der Waals surface area (Å²) in [4.78, 5) is 14.6. The Morgan fingerprint density at radius 3 is 2.26 bits per heavy atom. The lowest BCUT2D eigenvalue weighted by molar-refractivity contribution is -0.136. The number of nitrogens with zero attached hydrogens (tertiary/aromatic N) is 1. The average Bonchev–Trinajstić information content (AvgIpc) is 2.29. The first kappa shape index (κ1) is 14.1. The first-order valence-corrected chi connectivity index (χ1v) is 6.42. The summed E-state index contributed by atoms with van der Waals surface area (Å²) < 4.78 is 0. The lowest BCUT2D eigenvalue weighted by atomic mass is 10.1. The molecule has 0 aliphatic rings. The highest BCUT2D eigenvalue weighted by Gasteiger charge is 2.11. The van der Waals surface area contributed by atoms with Crippen LogP contribution in [0.25, 0.3) is 11.1 Å². The number of hydrogen-bond acceptors (Lipinski definition) is 2. The molecule has 0 unspecified atom stereocenters. The number of aromatic nitrogens is 1. The molecule has 2 aromatic rings. The van der Waals surface area contributed by atoms with Crippen LogP contribution in [-0.2, 0) is 11.2 Å². The number of carboxylic acids is 1. The van der Waals surface area contributed by atoms with Gasteiger partial charge in [0, 0.05) is 22.3 Å². The van der Waals surface area contributed by atoms with Crippen LogP contribution in [-0.4, -0.2) is 16.1 Å². The Morgan fingerprint density at radius 1 is 1.16 bits per heavy atom. The highest BCUT2D eigenvalue weighted by Crippen LogP contribution is 2.36. The van der Waals surface area contributed by atoms with E-state index < -0.39 is 5.97 Å². The molecule has 19 heavy (non-hydrogen) atoms. The highest BCUT2D eigenvalue weighted by molar-refractivity contribution is 6.41. The van der Waals surface area contributed by atoms with Crippen LogP contribution < -0.4 is 0 Å². The molecule has 3 nitrogen and oxygen atoms in total. The summed E-state index contributed by atoms with van der Waals surface area (Å²) in [6, 6.07) is 6.54. The summed E-state index contributed by atoms with van der Waals surface area (Å²) in [5, 5.41) is 9.97. The Morgan fingerprint density at radius 2 is 1.79 bits per heavy atom. The summed E-state index contributed by atoms with van der Waals surface area (Å²) in [5.41, 5.74) is 1.81. The quantitative estimate of drug-likeness (QED) is 0.916. The molecule has 98 valence electrons. The third-order valence-electron chi connectivity index (χ3n) is 2.45. The molecule has 0 aliphatic carbocycles. The van der Waals surface area contributed by atoms with Gasteiger partial charge in [-0.05, 0) is 18.2 Å². The second-order valence-electron chi connectivity index (χ2n) is 3.85. The van der Waals surface area contributed by atoms with Gasteiger partial charge in [0.25, 0.3) is 0 Å². The molecule has 0 spiro atoms. The zero-order valence-corrected chi connectivity index (χ0v) is 11.8. The van der Waals surface area contributed by atoms with Gasteiger partial charge >= 0.3 is 5.97 Å². The van der Waals surface area contributed by atoms with E-state index in [4.69, 9.17) is 39.9 Å². The van der Waals surface area contributed by atoms with Crippen molar-refractivity contribution in [2.24, 2.45) is 0 Å². The lowest BCUT2D eigenvalue weighted by Gasteiger charge is -2.08. The van der Waals surface area contributed by atoms with Gasteiger partial charge < -0.3 is 5.11 Å². The molecule has 1 heterocycles. The van der Waals surface area contributed by atoms with E-state index in [9.17, 15) is 4.79 Å². The second-order valence-corrected chi connectivity index (χ2v) is 5.10. The maximum Gasteiger partial charge on any atom is 0.309 e. The largest absolute Gasteiger partial charge is 0.481 e. The van der Waals surface area contributed by atoms with Crippen LogP contribution in [0.15, 0.2) is 30.5 Å². The smallest absolute Gasteiger partial charge is 0.309 e. The Balaban J connectivity index is 2.40. The number of pyridine rings is 1. The summed E-state index contributed by atoms with van der Waals surface area (Å²) in [7, 11) is 0. The van der Waals surface area contributed by atoms with Crippen LogP contribution >= 0.6 is 34.8 Å². The molecule has 0 bridgehead atoms. The van der Waals surface area contributed by atoms with Crippen molar-refractivity contribution in [2.75, 3.05) is 0 Å². The number of hydrogen-bond donors (Lipinski definition) is 1. The van der Waals surface area contributed by atoms with Crippen LogP contribution in [0.2, 0.25) is 15.1 Å². The lowest BCUT2D eigenvalue weighted by Crippen LogP contribution is -2.01. The Kier molecular flexibility index (Phi) is 4.30. The highest BCUT2D eigenvalue weighted by atomic mass is 35.5. The first-order chi connectivity index (χ1) is 8.97. The molecule has 0 atom stereocenters. The van der Waals surface area contributed by atoms with Crippen LogP contribution in [0, 0.1) is 0 Å². The van der Waals surface area contributed by atoms with Gasteiger partial charge in [0.1, 0.15) is 0 Å². The molecule has 2 rings (SSSR count). The van der Waals surface area contributed by atoms with Gasteiger partial charge in [-0.25, -0.2) is 0 Å². The maximum atomic E-state index is 10.6. The minimum Gasteiger partial charge on any atom is -0.481 e. The molecular weight excluding hydrogens is 309 g/mol. The van der Waals surface area contributed by atoms with Crippen LogP contribution in [0.5, 0.6) is 0 Å². The van der Waals surface area contributed by atoms with E-state index in [2.05, 4.69) is 4.98 Å². The maximum absolute atomic E-state index is 10.6. The van der Waals surface area contributed by atoms with Crippen LogP contribution in [0.4, 0.5) is 0 Å². The standard InChI is InChI=1S/C13H8Cl3NO2/c14-8-3-10(15)13(11(16)4-8)7-1-2-9(17-6-7)5-12(18)19/h1-4,6H,5H2,(H,18,19). The van der Waals surface area contributed by atoms with Gasteiger partial charge in [0.05, 0.1) is 22.2 Å². The predicted molar refractivity (Wildman–Crippen MR) is 76.0 cm³/mol. The molecule has 1 aromatic carbocycles. The van der Waals surface area contributed by atoms with Crippen molar-refractivity contribution in [1.82, 2.24) is 4.98 Å². The van der Waals surface area contributed by atoms with Crippen molar-refractivity contribution in [3.05, 3.63) is 51.2 Å². The zero-order chi connectivity index (χ0) is 14.0. The summed E-state index contributed by atoms with van der Waals surface area (Å²) in [6.45, 7) is 0. The number of carbonyl (C=O) groups is 1. The average molecular weight is 317 g/mol. The number of rotatable bonds is 3. The van der Waals surface area contributed by atoms with E-state index >= 15 is 0 Å². The van der Waals surface area contributed by atoms with Gasteiger partial charge in [0.15, 0.2) is 0 Å². The van der Waals surface area contributed by atoms with Gasteiger partial charge in [-0.15, -0.1) is 0 Å². The molecule has 0 radical (unpaired) electrons. The summed E-state index contributed by atoms with van der Waals surface area (Å²) >= 11 is 18.0. The molecule has 0 fully saturated rings. The molecule has 6 heteroatoms. The molecular formula is C13H8Cl3NO2. The van der Waals surface area contributed by atoms with Crippen LogP contribution in [0.3, 0.4) is 0 Å². The molecule has 0 amide bonds. The van der Waals surface area contributed by atoms with Gasteiger partial charge in [-0.3, -0.25) is 9.78 Å². The molecule has 1 aromatic heterocycles. The number of benzene rings is 1. The Bertz CT molecular complexity index is 603. The minimum atomic E-state index is -0.928. The van der Waals surface area contributed by atoms with Gasteiger partial charge in [0.2, 0.25) is 0 Å². The predicted octanol–water partition coefficient (Wildman–Crippen LogP) is 4.34. The Hall–Kier alpha value is -1.29. The summed E-state index contributed by atoms with van der Waals surface area (Å²) in [6.07, 6.45) is 1.42. The summed E-state index contributed by atoms with van der Waals surface area (Å²) in [5.74, 6) is -0.928. The zero-order valence-electron chi connectivity index (χ0n) is 9.53. The van der Waals surface area contributed by atoms with E-state index in [0.717, 1.165) is 0 Å². The third kappa shape index (κ3) is 3.38. The SMILES string of the molecule is O=C(O)Cc1ccc(-c2c(Cl)cc(Cl)cc2Cl)cn1. The molecule has 1 N–H and O–H groups in total. The van der Waals surface area contributed by atoms with Crippen molar-refractivity contribution < 1.29 is 9.90 Å². The third-order valence-corrected chi connectivity index (χ3v) is 3.27. The fraction of sp³-hybridized carbons (Fsp3) is 0.0769. The fourth-order valence-corrected chi connectivity index (χ4v) is 2.69. The van der Waals surface area contributed by atoms with E-state index in [-0.39, 0.29) is 6.42 Å². The molecule has 0 aliphatic heterocycles. The monoisotopic (exact) mass is 315 g/mol. The van der Waals surface area contributed by atoms with Crippen molar-refractivity contribution in [1.29, 1.82) is 0 Å². The minimum absolute atomic E-state index is 0.123. The van der Waals surface area contributed by atoms with Gasteiger partial charge in [-0.2, -0.15) is 0 Å². The van der Waals surface area contributed by atoms with Crippen molar-refractivity contribution >= 4 is 40.8 Å². The van der Waals surface area contributed by atoms with Crippen molar-refractivity contribution in [2.45, 2.75) is 6.42 Å². The van der Waals surface area contributed by atoms with E-state index in [1.807, 2.05) is 0 Å². The van der Waals surface area contributed by atoms with E-state index in [0.29, 0.717) is 31.9 Å².